The van der Waals surface area contributed by atoms with Crippen molar-refractivity contribution in [2.45, 2.75) is 13.3 Å². The van der Waals surface area contributed by atoms with E-state index in [1.54, 1.807) is 0 Å². The van der Waals surface area contributed by atoms with Crippen LogP contribution in [0.2, 0.25) is 0 Å². The Morgan fingerprint density at radius 2 is 1.92 bits per heavy atom. The Kier molecular flexibility index (Phi) is 3.11. The molecule has 0 aliphatic rings. The minimum atomic E-state index is 0.240. The highest BCUT2D eigenvalue weighted by molar-refractivity contribution is 5.39. The standard InChI is InChI=1S/C10H15NO/c1-8(7-12)6-9-2-4-10(11)5-3-9/h2-5,8,12H,6-7,11H2,1H3. The molecule has 0 saturated heterocycles. The Bertz CT molecular complexity index is 230. The summed E-state index contributed by atoms with van der Waals surface area (Å²) < 4.78 is 0. The second-order valence-electron chi connectivity index (χ2n) is 3.23. The smallest absolute Gasteiger partial charge is 0.0459 e. The molecule has 0 spiro atoms. The molecule has 12 heavy (non-hydrogen) atoms. The topological polar surface area (TPSA) is 46.2 Å². The van der Waals surface area contributed by atoms with E-state index in [-0.39, 0.29) is 6.61 Å². The molecule has 1 aromatic carbocycles. The van der Waals surface area contributed by atoms with Crippen LogP contribution in [0.5, 0.6) is 0 Å². The summed E-state index contributed by atoms with van der Waals surface area (Å²) in [6, 6.07) is 7.78. The first-order valence-corrected chi connectivity index (χ1v) is 4.17. The summed E-state index contributed by atoms with van der Waals surface area (Å²) in [5.41, 5.74) is 7.56. The molecule has 1 unspecified atom stereocenters. The highest BCUT2D eigenvalue weighted by atomic mass is 16.3. The van der Waals surface area contributed by atoms with Crippen LogP contribution in [-0.4, -0.2) is 11.7 Å². The molecule has 2 nitrogen and oxygen atoms in total. The Balaban J connectivity index is 2.58. The molecule has 0 heterocycles. The average Bonchev–Trinajstić information content (AvgIpc) is 2.09. The number of hydrogen-bond acceptors (Lipinski definition) is 2. The summed E-state index contributed by atoms with van der Waals surface area (Å²) >= 11 is 0. The third kappa shape index (κ3) is 2.55. The molecule has 0 amide bonds. The van der Waals surface area contributed by atoms with Gasteiger partial charge in [0.1, 0.15) is 0 Å². The molecular formula is C10H15NO. The normalized spacial score (nSPS) is 12.8. The zero-order valence-corrected chi connectivity index (χ0v) is 7.33. The Morgan fingerprint density at radius 3 is 2.42 bits per heavy atom. The maximum absolute atomic E-state index is 8.83. The molecule has 0 aliphatic heterocycles. The van der Waals surface area contributed by atoms with E-state index < -0.39 is 0 Å². The summed E-state index contributed by atoms with van der Waals surface area (Å²) in [7, 11) is 0. The lowest BCUT2D eigenvalue weighted by molar-refractivity contribution is 0.237. The minimum Gasteiger partial charge on any atom is -0.399 e. The van der Waals surface area contributed by atoms with Gasteiger partial charge in [-0.1, -0.05) is 19.1 Å². The fourth-order valence-corrected chi connectivity index (χ4v) is 1.12. The van der Waals surface area contributed by atoms with Gasteiger partial charge < -0.3 is 10.8 Å². The van der Waals surface area contributed by atoms with Crippen molar-refractivity contribution in [3.63, 3.8) is 0 Å². The fraction of sp³-hybridized carbons (Fsp3) is 0.400. The molecule has 3 N–H and O–H groups in total. The van der Waals surface area contributed by atoms with E-state index in [1.165, 1.54) is 5.56 Å². The molecule has 66 valence electrons. The monoisotopic (exact) mass is 165 g/mol. The van der Waals surface area contributed by atoms with Crippen LogP contribution >= 0.6 is 0 Å². The molecule has 2 heteroatoms. The maximum atomic E-state index is 8.83. The summed E-state index contributed by atoms with van der Waals surface area (Å²) in [4.78, 5) is 0. The zero-order chi connectivity index (χ0) is 8.97. The Hall–Kier alpha value is -1.02. The third-order valence-electron chi connectivity index (χ3n) is 1.88. The number of rotatable bonds is 3. The maximum Gasteiger partial charge on any atom is 0.0459 e. The van der Waals surface area contributed by atoms with Gasteiger partial charge in [-0.05, 0) is 30.0 Å². The molecule has 1 aromatic rings. The van der Waals surface area contributed by atoms with E-state index in [2.05, 4.69) is 0 Å². The van der Waals surface area contributed by atoms with Crippen LogP contribution in [0, 0.1) is 5.92 Å². The van der Waals surface area contributed by atoms with Gasteiger partial charge in [-0.3, -0.25) is 0 Å². The lowest BCUT2D eigenvalue weighted by Gasteiger charge is -2.07. The first-order valence-electron chi connectivity index (χ1n) is 4.17. The van der Waals surface area contributed by atoms with E-state index in [9.17, 15) is 0 Å². The molecule has 1 rings (SSSR count). The first-order chi connectivity index (χ1) is 5.72. The third-order valence-corrected chi connectivity index (χ3v) is 1.88. The van der Waals surface area contributed by atoms with Crippen molar-refractivity contribution in [2.24, 2.45) is 5.92 Å². The van der Waals surface area contributed by atoms with Crippen LogP contribution < -0.4 is 5.73 Å². The Labute approximate surface area is 73.0 Å². The fourth-order valence-electron chi connectivity index (χ4n) is 1.12. The SMILES string of the molecule is CC(CO)Cc1ccc(N)cc1. The van der Waals surface area contributed by atoms with Crippen LogP contribution in [0.1, 0.15) is 12.5 Å². The number of nitrogens with two attached hydrogens (primary N) is 1. The van der Waals surface area contributed by atoms with E-state index in [1.807, 2.05) is 31.2 Å². The number of benzene rings is 1. The number of anilines is 1. The molecule has 0 radical (unpaired) electrons. The van der Waals surface area contributed by atoms with Gasteiger partial charge in [-0.25, -0.2) is 0 Å². The van der Waals surface area contributed by atoms with E-state index in [0.717, 1.165) is 12.1 Å². The van der Waals surface area contributed by atoms with Gasteiger partial charge in [0.15, 0.2) is 0 Å². The second-order valence-corrected chi connectivity index (χ2v) is 3.23. The molecule has 1 atom stereocenters. The molecule has 0 fully saturated rings. The predicted molar refractivity (Wildman–Crippen MR) is 50.8 cm³/mol. The van der Waals surface area contributed by atoms with Gasteiger partial charge in [0.25, 0.3) is 0 Å². The van der Waals surface area contributed by atoms with Crippen LogP contribution in [0.15, 0.2) is 24.3 Å². The van der Waals surface area contributed by atoms with E-state index >= 15 is 0 Å². The summed E-state index contributed by atoms with van der Waals surface area (Å²) in [6.07, 6.45) is 0.913. The number of aliphatic hydroxyl groups excluding tert-OH is 1. The van der Waals surface area contributed by atoms with Gasteiger partial charge >= 0.3 is 0 Å². The van der Waals surface area contributed by atoms with Crippen molar-refractivity contribution < 1.29 is 5.11 Å². The van der Waals surface area contributed by atoms with Crippen LogP contribution in [0.25, 0.3) is 0 Å². The van der Waals surface area contributed by atoms with Gasteiger partial charge in [0.05, 0.1) is 0 Å². The second kappa shape index (κ2) is 4.12. The quantitative estimate of drug-likeness (QED) is 0.666. The molecule has 0 aromatic heterocycles. The molecule has 0 aliphatic carbocycles. The molecule has 0 saturated carbocycles. The van der Waals surface area contributed by atoms with E-state index in [0.29, 0.717) is 5.92 Å². The average molecular weight is 165 g/mol. The molecule has 0 bridgehead atoms. The van der Waals surface area contributed by atoms with Crippen LogP contribution in [-0.2, 0) is 6.42 Å². The summed E-state index contributed by atoms with van der Waals surface area (Å²) in [5.74, 6) is 0.327. The number of aliphatic hydroxyl groups is 1. The minimum absolute atomic E-state index is 0.240. The van der Waals surface area contributed by atoms with Gasteiger partial charge in [-0.15, -0.1) is 0 Å². The van der Waals surface area contributed by atoms with Crippen molar-refractivity contribution in [1.82, 2.24) is 0 Å². The lowest BCUT2D eigenvalue weighted by atomic mass is 10.0. The highest BCUT2D eigenvalue weighted by Gasteiger charge is 2.00. The van der Waals surface area contributed by atoms with Crippen molar-refractivity contribution in [3.05, 3.63) is 29.8 Å². The van der Waals surface area contributed by atoms with Gasteiger partial charge in [0, 0.05) is 12.3 Å². The first kappa shape index (κ1) is 9.07. The number of hydrogen-bond donors (Lipinski definition) is 2. The van der Waals surface area contributed by atoms with Gasteiger partial charge in [0.2, 0.25) is 0 Å². The molecular weight excluding hydrogens is 150 g/mol. The largest absolute Gasteiger partial charge is 0.399 e. The predicted octanol–water partition coefficient (Wildman–Crippen LogP) is 1.44. The lowest BCUT2D eigenvalue weighted by Crippen LogP contribution is -2.04. The van der Waals surface area contributed by atoms with Crippen molar-refractivity contribution in [2.75, 3.05) is 12.3 Å². The van der Waals surface area contributed by atoms with Crippen LogP contribution in [0.4, 0.5) is 5.69 Å². The summed E-state index contributed by atoms with van der Waals surface area (Å²) in [5, 5.41) is 8.83. The van der Waals surface area contributed by atoms with Crippen molar-refractivity contribution in [3.8, 4) is 0 Å². The number of nitrogen functional groups attached to an aromatic ring is 1. The van der Waals surface area contributed by atoms with Gasteiger partial charge in [-0.2, -0.15) is 0 Å². The van der Waals surface area contributed by atoms with Crippen LogP contribution in [0.3, 0.4) is 0 Å². The van der Waals surface area contributed by atoms with Crippen molar-refractivity contribution in [1.29, 1.82) is 0 Å². The van der Waals surface area contributed by atoms with Crippen molar-refractivity contribution >= 4 is 5.69 Å². The summed E-state index contributed by atoms with van der Waals surface area (Å²) in [6.45, 7) is 2.26. The highest BCUT2D eigenvalue weighted by Crippen LogP contribution is 2.10. The Morgan fingerprint density at radius 1 is 1.33 bits per heavy atom. The zero-order valence-electron chi connectivity index (χ0n) is 7.33. The van der Waals surface area contributed by atoms with E-state index in [4.69, 9.17) is 10.8 Å².